The molecule has 2 aromatic rings. The minimum atomic E-state index is -0.489. The van der Waals surface area contributed by atoms with Crippen molar-refractivity contribution >= 4 is 23.1 Å². The Hall–Kier alpha value is -2.14. The van der Waals surface area contributed by atoms with Crippen molar-refractivity contribution < 1.29 is 4.92 Å². The smallest absolute Gasteiger partial charge is 0.312 e. The molecule has 21 heavy (non-hydrogen) atoms. The van der Waals surface area contributed by atoms with Crippen LogP contribution in [0.5, 0.6) is 0 Å². The van der Waals surface area contributed by atoms with Crippen LogP contribution in [0.4, 0.5) is 11.5 Å². The number of rotatable bonds is 5. The first-order chi connectivity index (χ1) is 9.90. The van der Waals surface area contributed by atoms with Gasteiger partial charge in [0.1, 0.15) is 0 Å². The van der Waals surface area contributed by atoms with E-state index in [1.807, 2.05) is 30.3 Å². The predicted molar refractivity (Wildman–Crippen MR) is 83.9 cm³/mol. The van der Waals surface area contributed by atoms with E-state index in [2.05, 4.69) is 24.1 Å². The molecule has 0 aliphatic rings. The van der Waals surface area contributed by atoms with Crippen LogP contribution < -0.4 is 5.32 Å². The summed E-state index contributed by atoms with van der Waals surface area (Å²) < 4.78 is 0. The van der Waals surface area contributed by atoms with Gasteiger partial charge in [-0.1, -0.05) is 55.8 Å². The van der Waals surface area contributed by atoms with Crippen LogP contribution in [0.2, 0.25) is 5.02 Å². The summed E-state index contributed by atoms with van der Waals surface area (Å²) >= 11 is 5.75. The lowest BCUT2D eigenvalue weighted by Crippen LogP contribution is -2.28. The maximum absolute atomic E-state index is 11.0. The van der Waals surface area contributed by atoms with Crippen LogP contribution in [-0.2, 0) is 5.41 Å². The standard InChI is InChI=1S/C15H16ClN3O2/c1-15(2,11-6-4-3-5-7-11)10-18-14-13(19(20)21)8-12(16)9-17-14/h3-9H,10H2,1-2H3,(H,17,18). The van der Waals surface area contributed by atoms with Crippen molar-refractivity contribution in [2.75, 3.05) is 11.9 Å². The summed E-state index contributed by atoms with van der Waals surface area (Å²) in [6.45, 7) is 4.65. The summed E-state index contributed by atoms with van der Waals surface area (Å²) in [5.41, 5.74) is 0.844. The third-order valence-electron chi connectivity index (χ3n) is 3.28. The monoisotopic (exact) mass is 305 g/mol. The highest BCUT2D eigenvalue weighted by Gasteiger charge is 2.23. The van der Waals surface area contributed by atoms with Crippen LogP contribution >= 0.6 is 11.6 Å². The molecular formula is C15H16ClN3O2. The SMILES string of the molecule is CC(C)(CNc1ncc(Cl)cc1[N+](=O)[O-])c1ccccc1. The maximum Gasteiger partial charge on any atom is 0.312 e. The van der Waals surface area contributed by atoms with Crippen molar-refractivity contribution in [2.45, 2.75) is 19.3 Å². The van der Waals surface area contributed by atoms with Gasteiger partial charge >= 0.3 is 5.69 Å². The van der Waals surface area contributed by atoms with Gasteiger partial charge in [-0.25, -0.2) is 4.98 Å². The Labute approximate surface area is 128 Å². The van der Waals surface area contributed by atoms with Crippen LogP contribution in [-0.4, -0.2) is 16.5 Å². The maximum atomic E-state index is 11.0. The van der Waals surface area contributed by atoms with E-state index in [-0.39, 0.29) is 21.9 Å². The topological polar surface area (TPSA) is 68.1 Å². The van der Waals surface area contributed by atoms with E-state index in [1.54, 1.807) is 0 Å². The van der Waals surface area contributed by atoms with E-state index in [9.17, 15) is 10.1 Å². The molecule has 0 unspecified atom stereocenters. The summed E-state index contributed by atoms with van der Waals surface area (Å²) in [7, 11) is 0. The van der Waals surface area contributed by atoms with E-state index in [0.29, 0.717) is 6.54 Å². The van der Waals surface area contributed by atoms with Gasteiger partial charge in [0.25, 0.3) is 0 Å². The van der Waals surface area contributed by atoms with Gasteiger partial charge in [-0.2, -0.15) is 0 Å². The number of anilines is 1. The Morgan fingerprint density at radius 2 is 2.00 bits per heavy atom. The summed E-state index contributed by atoms with van der Waals surface area (Å²) in [4.78, 5) is 14.6. The average Bonchev–Trinajstić information content (AvgIpc) is 2.47. The number of pyridine rings is 1. The Balaban J connectivity index is 2.18. The minimum Gasteiger partial charge on any atom is -0.363 e. The third kappa shape index (κ3) is 3.70. The van der Waals surface area contributed by atoms with E-state index in [1.165, 1.54) is 12.3 Å². The number of nitrogens with zero attached hydrogens (tertiary/aromatic N) is 2. The van der Waals surface area contributed by atoms with E-state index in [0.717, 1.165) is 5.56 Å². The fourth-order valence-corrected chi connectivity index (χ4v) is 2.15. The summed E-state index contributed by atoms with van der Waals surface area (Å²) in [5.74, 6) is 0.230. The molecule has 0 saturated heterocycles. The van der Waals surface area contributed by atoms with Gasteiger partial charge in [-0.15, -0.1) is 0 Å². The van der Waals surface area contributed by atoms with Gasteiger partial charge in [0.2, 0.25) is 5.82 Å². The fourth-order valence-electron chi connectivity index (χ4n) is 2.00. The quantitative estimate of drug-likeness (QED) is 0.669. The molecular weight excluding hydrogens is 290 g/mol. The number of hydrogen-bond acceptors (Lipinski definition) is 4. The predicted octanol–water partition coefficient (Wildman–Crippen LogP) is 4.03. The first-order valence-electron chi connectivity index (χ1n) is 6.49. The Morgan fingerprint density at radius 3 is 2.62 bits per heavy atom. The van der Waals surface area contributed by atoms with Crippen LogP contribution in [0.25, 0.3) is 0 Å². The van der Waals surface area contributed by atoms with Crippen molar-refractivity contribution in [3.05, 3.63) is 63.3 Å². The number of halogens is 1. The lowest BCUT2D eigenvalue weighted by molar-refractivity contribution is -0.384. The van der Waals surface area contributed by atoms with Crippen LogP contribution in [0.3, 0.4) is 0 Å². The molecule has 0 aliphatic heterocycles. The van der Waals surface area contributed by atoms with E-state index in [4.69, 9.17) is 11.6 Å². The zero-order valence-corrected chi connectivity index (χ0v) is 12.6. The highest BCUT2D eigenvalue weighted by Crippen LogP contribution is 2.28. The van der Waals surface area contributed by atoms with Gasteiger partial charge in [0, 0.05) is 24.2 Å². The zero-order chi connectivity index (χ0) is 15.5. The van der Waals surface area contributed by atoms with E-state index < -0.39 is 4.92 Å². The molecule has 0 radical (unpaired) electrons. The van der Waals surface area contributed by atoms with Crippen molar-refractivity contribution in [2.24, 2.45) is 0 Å². The number of benzene rings is 1. The van der Waals surface area contributed by atoms with Gasteiger partial charge in [0.15, 0.2) is 0 Å². The molecule has 0 atom stereocenters. The van der Waals surface area contributed by atoms with Crippen molar-refractivity contribution in [3.63, 3.8) is 0 Å². The molecule has 1 heterocycles. The van der Waals surface area contributed by atoms with Crippen LogP contribution in [0, 0.1) is 10.1 Å². The summed E-state index contributed by atoms with van der Waals surface area (Å²) in [6.07, 6.45) is 1.40. The number of aromatic nitrogens is 1. The van der Waals surface area contributed by atoms with E-state index >= 15 is 0 Å². The Morgan fingerprint density at radius 1 is 1.33 bits per heavy atom. The van der Waals surface area contributed by atoms with Crippen molar-refractivity contribution in [1.29, 1.82) is 0 Å². The third-order valence-corrected chi connectivity index (χ3v) is 3.49. The van der Waals surface area contributed by atoms with Gasteiger partial charge in [-0.3, -0.25) is 10.1 Å². The lowest BCUT2D eigenvalue weighted by atomic mass is 9.84. The fraction of sp³-hybridized carbons (Fsp3) is 0.267. The largest absolute Gasteiger partial charge is 0.363 e. The summed E-state index contributed by atoms with van der Waals surface area (Å²) in [6, 6.07) is 11.3. The lowest BCUT2D eigenvalue weighted by Gasteiger charge is -2.25. The molecule has 110 valence electrons. The highest BCUT2D eigenvalue weighted by atomic mass is 35.5. The molecule has 1 aromatic carbocycles. The van der Waals surface area contributed by atoms with Gasteiger partial charge < -0.3 is 5.32 Å². The van der Waals surface area contributed by atoms with Crippen molar-refractivity contribution in [3.8, 4) is 0 Å². The molecule has 0 spiro atoms. The second-order valence-corrected chi connectivity index (χ2v) is 5.82. The molecule has 0 aliphatic carbocycles. The van der Waals surface area contributed by atoms with Crippen molar-refractivity contribution in [1.82, 2.24) is 4.98 Å². The molecule has 6 heteroatoms. The molecule has 1 N–H and O–H groups in total. The number of nitrogens with one attached hydrogen (secondary N) is 1. The van der Waals surface area contributed by atoms with Gasteiger partial charge in [0.05, 0.1) is 9.95 Å². The molecule has 0 amide bonds. The summed E-state index contributed by atoms with van der Waals surface area (Å²) in [5, 5.41) is 14.3. The minimum absolute atomic E-state index is 0.119. The van der Waals surface area contributed by atoms with Gasteiger partial charge in [-0.05, 0) is 5.56 Å². The van der Waals surface area contributed by atoms with Crippen LogP contribution in [0.15, 0.2) is 42.6 Å². The normalized spacial score (nSPS) is 11.2. The molecule has 0 fully saturated rings. The number of hydrogen-bond donors (Lipinski definition) is 1. The molecule has 2 rings (SSSR count). The first kappa shape index (κ1) is 15.3. The molecule has 0 bridgehead atoms. The molecule has 0 saturated carbocycles. The zero-order valence-electron chi connectivity index (χ0n) is 11.8. The Kier molecular flexibility index (Phi) is 4.43. The second kappa shape index (κ2) is 6.10. The molecule has 1 aromatic heterocycles. The average molecular weight is 306 g/mol. The molecule has 5 nitrogen and oxygen atoms in total. The second-order valence-electron chi connectivity index (χ2n) is 5.38. The first-order valence-corrected chi connectivity index (χ1v) is 6.87. The Bertz CT molecular complexity index is 645. The van der Waals surface area contributed by atoms with Crippen LogP contribution in [0.1, 0.15) is 19.4 Å². The number of nitro groups is 1. The highest BCUT2D eigenvalue weighted by molar-refractivity contribution is 6.30.